The van der Waals surface area contributed by atoms with Crippen LogP contribution in [0.3, 0.4) is 0 Å². The number of anilines is 1. The topological polar surface area (TPSA) is 46.6 Å². The SMILES string of the molecule is CCCCOc1ccc(N2C(=O)[C@@H]3[C@H](C2=O)[C@H]2C=C[C@H]3CC2)cc1. The molecule has 0 unspecified atom stereocenters. The maximum Gasteiger partial charge on any atom is 0.238 e. The Morgan fingerprint density at radius 3 is 2.08 bits per heavy atom. The first-order chi connectivity index (χ1) is 11.7. The zero-order valence-corrected chi connectivity index (χ0v) is 14.0. The van der Waals surface area contributed by atoms with Gasteiger partial charge in [-0.05, 0) is 55.4 Å². The third kappa shape index (κ3) is 2.36. The molecule has 0 N–H and O–H groups in total. The Kier molecular flexibility index (Phi) is 3.91. The Morgan fingerprint density at radius 2 is 1.58 bits per heavy atom. The normalized spacial score (nSPS) is 30.8. The van der Waals surface area contributed by atoms with Gasteiger partial charge in [0.1, 0.15) is 5.75 Å². The molecule has 1 aromatic rings. The van der Waals surface area contributed by atoms with E-state index in [0.717, 1.165) is 31.4 Å². The number of amides is 2. The minimum absolute atomic E-state index is 0.0244. The Bertz CT molecular complexity index is 647. The van der Waals surface area contributed by atoms with Gasteiger partial charge in [-0.3, -0.25) is 14.5 Å². The summed E-state index contributed by atoms with van der Waals surface area (Å²) in [5, 5.41) is 0. The molecule has 3 aliphatic carbocycles. The van der Waals surface area contributed by atoms with Gasteiger partial charge in [-0.15, -0.1) is 0 Å². The number of ether oxygens (including phenoxy) is 1. The minimum atomic E-state index is -0.151. The molecule has 2 bridgehead atoms. The van der Waals surface area contributed by atoms with Crippen LogP contribution in [0, 0.1) is 23.7 Å². The van der Waals surface area contributed by atoms with Crippen LogP contribution in [0.4, 0.5) is 5.69 Å². The molecule has 5 rings (SSSR count). The van der Waals surface area contributed by atoms with Crippen molar-refractivity contribution in [2.75, 3.05) is 11.5 Å². The summed E-state index contributed by atoms with van der Waals surface area (Å²) in [6.45, 7) is 2.81. The van der Waals surface area contributed by atoms with E-state index in [-0.39, 0.29) is 35.5 Å². The van der Waals surface area contributed by atoms with Gasteiger partial charge in [0.2, 0.25) is 11.8 Å². The smallest absolute Gasteiger partial charge is 0.238 e. The van der Waals surface area contributed by atoms with Crippen molar-refractivity contribution in [1.82, 2.24) is 0 Å². The summed E-state index contributed by atoms with van der Waals surface area (Å²) in [4.78, 5) is 27.2. The fraction of sp³-hybridized carbons (Fsp3) is 0.500. The Labute approximate surface area is 142 Å². The van der Waals surface area contributed by atoms with Crippen molar-refractivity contribution >= 4 is 17.5 Å². The zero-order valence-electron chi connectivity index (χ0n) is 14.0. The molecule has 0 aromatic heterocycles. The van der Waals surface area contributed by atoms with E-state index >= 15 is 0 Å². The highest BCUT2D eigenvalue weighted by atomic mass is 16.5. The zero-order chi connectivity index (χ0) is 16.7. The number of hydrogen-bond acceptors (Lipinski definition) is 3. The summed E-state index contributed by atoms with van der Waals surface area (Å²) in [6.07, 6.45) is 8.46. The fourth-order valence-electron chi connectivity index (χ4n) is 4.35. The molecule has 1 aromatic carbocycles. The third-order valence-electron chi connectivity index (χ3n) is 5.62. The van der Waals surface area contributed by atoms with Gasteiger partial charge in [0, 0.05) is 0 Å². The van der Waals surface area contributed by atoms with Crippen LogP contribution in [0.25, 0.3) is 0 Å². The van der Waals surface area contributed by atoms with Crippen molar-refractivity contribution in [2.24, 2.45) is 23.7 Å². The van der Waals surface area contributed by atoms with E-state index in [9.17, 15) is 9.59 Å². The summed E-state index contributed by atoms with van der Waals surface area (Å²) < 4.78 is 5.66. The maximum absolute atomic E-state index is 12.9. The third-order valence-corrected chi connectivity index (χ3v) is 5.62. The van der Waals surface area contributed by atoms with E-state index in [4.69, 9.17) is 4.74 Å². The second-order valence-electron chi connectivity index (χ2n) is 7.05. The molecule has 1 aliphatic heterocycles. The number of hydrogen-bond donors (Lipinski definition) is 0. The minimum Gasteiger partial charge on any atom is -0.494 e. The number of rotatable bonds is 5. The molecule has 2 amide bonds. The number of fused-ring (bicyclic) bond motifs is 1. The fourth-order valence-corrected chi connectivity index (χ4v) is 4.35. The second-order valence-corrected chi connectivity index (χ2v) is 7.05. The Morgan fingerprint density at radius 1 is 1.00 bits per heavy atom. The molecule has 2 fully saturated rings. The largest absolute Gasteiger partial charge is 0.494 e. The molecule has 1 heterocycles. The predicted octanol–water partition coefficient (Wildman–Crippen LogP) is 3.57. The van der Waals surface area contributed by atoms with Gasteiger partial charge >= 0.3 is 0 Å². The van der Waals surface area contributed by atoms with Crippen LogP contribution in [-0.4, -0.2) is 18.4 Å². The molecule has 0 radical (unpaired) electrons. The lowest BCUT2D eigenvalue weighted by Gasteiger charge is -2.38. The van der Waals surface area contributed by atoms with E-state index in [1.165, 1.54) is 4.90 Å². The summed E-state index contributed by atoms with van der Waals surface area (Å²) in [7, 11) is 0. The summed E-state index contributed by atoms with van der Waals surface area (Å²) in [5.41, 5.74) is 0.668. The quantitative estimate of drug-likeness (QED) is 0.472. The molecular formula is C20H23NO3. The molecule has 1 saturated carbocycles. The molecule has 4 nitrogen and oxygen atoms in total. The first-order valence-corrected chi connectivity index (χ1v) is 8.99. The Hall–Kier alpha value is -2.10. The molecule has 4 heteroatoms. The highest BCUT2D eigenvalue weighted by Gasteiger charge is 2.56. The van der Waals surface area contributed by atoms with Crippen molar-refractivity contribution in [2.45, 2.75) is 32.6 Å². The van der Waals surface area contributed by atoms with E-state index in [0.29, 0.717) is 12.3 Å². The molecule has 24 heavy (non-hydrogen) atoms. The summed E-state index contributed by atoms with van der Waals surface area (Å²) in [5.74, 6) is 0.900. The van der Waals surface area contributed by atoms with Gasteiger partial charge in [0.25, 0.3) is 0 Å². The van der Waals surface area contributed by atoms with Gasteiger partial charge in [-0.2, -0.15) is 0 Å². The van der Waals surface area contributed by atoms with Crippen LogP contribution >= 0.6 is 0 Å². The molecule has 126 valence electrons. The first-order valence-electron chi connectivity index (χ1n) is 8.99. The number of carbonyl (C=O) groups is 2. The van der Waals surface area contributed by atoms with Crippen LogP contribution in [0.5, 0.6) is 5.75 Å². The van der Waals surface area contributed by atoms with Crippen molar-refractivity contribution in [3.63, 3.8) is 0 Å². The first kappa shape index (κ1) is 15.4. The van der Waals surface area contributed by atoms with Crippen molar-refractivity contribution in [3.05, 3.63) is 36.4 Å². The molecule has 4 aliphatic rings. The summed E-state index contributed by atoms with van der Waals surface area (Å²) >= 11 is 0. The lowest BCUT2D eigenvalue weighted by Crippen LogP contribution is -2.38. The molecule has 0 spiro atoms. The van der Waals surface area contributed by atoms with Gasteiger partial charge in [0.05, 0.1) is 24.1 Å². The van der Waals surface area contributed by atoms with Gasteiger partial charge < -0.3 is 4.74 Å². The lowest BCUT2D eigenvalue weighted by atomic mass is 9.63. The van der Waals surface area contributed by atoms with Crippen LogP contribution in [0.15, 0.2) is 36.4 Å². The number of benzene rings is 1. The van der Waals surface area contributed by atoms with E-state index < -0.39 is 0 Å². The van der Waals surface area contributed by atoms with Crippen LogP contribution in [0.2, 0.25) is 0 Å². The maximum atomic E-state index is 12.9. The van der Waals surface area contributed by atoms with Crippen LogP contribution in [-0.2, 0) is 9.59 Å². The summed E-state index contributed by atoms with van der Waals surface area (Å²) in [6, 6.07) is 7.34. The predicted molar refractivity (Wildman–Crippen MR) is 91.7 cm³/mol. The monoisotopic (exact) mass is 325 g/mol. The Balaban J connectivity index is 1.54. The lowest BCUT2D eigenvalue weighted by molar-refractivity contribution is -0.124. The van der Waals surface area contributed by atoms with Crippen LogP contribution < -0.4 is 9.64 Å². The molecule has 1 saturated heterocycles. The van der Waals surface area contributed by atoms with Crippen molar-refractivity contribution < 1.29 is 14.3 Å². The van der Waals surface area contributed by atoms with Gasteiger partial charge in [0.15, 0.2) is 0 Å². The van der Waals surface area contributed by atoms with Gasteiger partial charge in [-0.25, -0.2) is 0 Å². The average Bonchev–Trinajstić information content (AvgIpc) is 2.90. The number of unbranched alkanes of at least 4 members (excludes halogenated alkanes) is 1. The van der Waals surface area contributed by atoms with Gasteiger partial charge in [-0.1, -0.05) is 25.5 Å². The van der Waals surface area contributed by atoms with E-state index in [1.807, 2.05) is 24.3 Å². The second kappa shape index (κ2) is 6.08. The van der Waals surface area contributed by atoms with Crippen LogP contribution in [0.1, 0.15) is 32.6 Å². The highest BCUT2D eigenvalue weighted by molar-refractivity contribution is 6.22. The highest BCUT2D eigenvalue weighted by Crippen LogP contribution is 2.50. The number of carbonyl (C=O) groups excluding carboxylic acids is 2. The number of nitrogens with zero attached hydrogens (tertiary/aromatic N) is 1. The number of allylic oxidation sites excluding steroid dienone is 2. The van der Waals surface area contributed by atoms with Crippen molar-refractivity contribution in [1.29, 1.82) is 0 Å². The van der Waals surface area contributed by atoms with Crippen molar-refractivity contribution in [3.8, 4) is 5.75 Å². The standard InChI is InChI=1S/C20H23NO3/c1-2-3-12-24-16-10-8-15(9-11-16)21-19(22)17-13-4-5-14(7-6-13)18(17)20(21)23/h4-5,8-11,13-14,17-18H,2-3,6-7,12H2,1H3/t13-,14-,17-,18+/m0/s1. The molecule has 4 atom stereocenters. The van der Waals surface area contributed by atoms with E-state index in [2.05, 4.69) is 19.1 Å². The number of imide groups is 1. The van der Waals surface area contributed by atoms with E-state index in [1.54, 1.807) is 0 Å². The molecular weight excluding hydrogens is 302 g/mol. The average molecular weight is 325 g/mol.